The third-order valence-electron chi connectivity index (χ3n) is 2.66. The van der Waals surface area contributed by atoms with Crippen LogP contribution in [0.4, 0.5) is 17.1 Å². The van der Waals surface area contributed by atoms with Crippen molar-refractivity contribution in [2.75, 3.05) is 10.1 Å². The molecule has 0 aliphatic carbocycles. The summed E-state index contributed by atoms with van der Waals surface area (Å²) in [5, 5.41) is 10.8. The summed E-state index contributed by atoms with van der Waals surface area (Å²) in [6.45, 7) is 0. The smallest absolute Gasteiger partial charge is 0.293 e. The Hall–Kier alpha value is -2.65. The number of nitro benzene ring substituents is 1. The van der Waals surface area contributed by atoms with Crippen molar-refractivity contribution in [2.45, 2.75) is 4.90 Å². The van der Waals surface area contributed by atoms with E-state index in [1.54, 1.807) is 30.3 Å². The lowest BCUT2D eigenvalue weighted by atomic mass is 10.3. The predicted octanol–water partition coefficient (Wildman–Crippen LogP) is 1.68. The summed E-state index contributed by atoms with van der Waals surface area (Å²) < 4.78 is 26.8. The quantitative estimate of drug-likeness (QED) is 0.438. The number of nitrogens with one attached hydrogen (secondary N) is 2. The highest BCUT2D eigenvalue weighted by atomic mass is 32.2. The van der Waals surface area contributed by atoms with Gasteiger partial charge >= 0.3 is 0 Å². The van der Waals surface area contributed by atoms with Crippen molar-refractivity contribution in [3.8, 4) is 0 Å². The number of rotatable bonds is 5. The fourth-order valence-corrected chi connectivity index (χ4v) is 2.76. The molecule has 4 N–H and O–H groups in total. The maximum atomic E-state index is 12.2. The molecule has 0 bridgehead atoms. The fourth-order valence-electron chi connectivity index (χ4n) is 1.68. The lowest BCUT2D eigenvalue weighted by Crippen LogP contribution is -2.15. The number of hydrogen-bond acceptors (Lipinski definition) is 6. The van der Waals surface area contributed by atoms with Crippen LogP contribution >= 0.6 is 0 Å². The van der Waals surface area contributed by atoms with Crippen LogP contribution in [-0.4, -0.2) is 13.3 Å². The lowest BCUT2D eigenvalue weighted by Gasteiger charge is -2.09. The normalized spacial score (nSPS) is 10.9. The summed E-state index contributed by atoms with van der Waals surface area (Å²) in [7, 11) is -3.86. The molecule has 2 rings (SSSR count). The molecule has 0 fully saturated rings. The van der Waals surface area contributed by atoms with Gasteiger partial charge in [0.1, 0.15) is 5.69 Å². The van der Waals surface area contributed by atoms with Crippen LogP contribution in [0.2, 0.25) is 0 Å². The van der Waals surface area contributed by atoms with Crippen molar-refractivity contribution >= 4 is 27.1 Å². The van der Waals surface area contributed by atoms with E-state index in [2.05, 4.69) is 10.1 Å². The molecule has 0 amide bonds. The first-order chi connectivity index (χ1) is 9.94. The average Bonchev–Trinajstić information content (AvgIpc) is 2.47. The minimum Gasteiger partial charge on any atom is -0.318 e. The van der Waals surface area contributed by atoms with E-state index in [0.717, 1.165) is 18.2 Å². The Morgan fingerprint density at radius 1 is 1.10 bits per heavy atom. The second-order valence-electron chi connectivity index (χ2n) is 4.05. The van der Waals surface area contributed by atoms with E-state index in [4.69, 9.17) is 5.84 Å². The second kappa shape index (κ2) is 5.77. The summed E-state index contributed by atoms with van der Waals surface area (Å²) >= 11 is 0. The first kappa shape index (κ1) is 14.8. The summed E-state index contributed by atoms with van der Waals surface area (Å²) in [6.07, 6.45) is 0. The highest BCUT2D eigenvalue weighted by molar-refractivity contribution is 7.92. The fraction of sp³-hybridized carbons (Fsp3) is 0. The Morgan fingerprint density at radius 2 is 1.76 bits per heavy atom. The SMILES string of the molecule is NNc1cc(S(=O)(=O)Nc2ccccc2)ccc1[N+](=O)[O-]. The number of sulfonamides is 1. The molecule has 110 valence electrons. The predicted molar refractivity (Wildman–Crippen MR) is 78.2 cm³/mol. The van der Waals surface area contributed by atoms with Gasteiger partial charge in [-0.2, -0.15) is 0 Å². The number of nitro groups is 1. The Bertz CT molecular complexity index is 762. The molecule has 0 atom stereocenters. The zero-order valence-electron chi connectivity index (χ0n) is 10.7. The third kappa shape index (κ3) is 3.27. The molecule has 0 heterocycles. The number of nitrogen functional groups attached to an aromatic ring is 1. The van der Waals surface area contributed by atoms with Crippen LogP contribution in [0, 0.1) is 10.1 Å². The molecule has 0 aliphatic rings. The van der Waals surface area contributed by atoms with Crippen LogP contribution in [0.15, 0.2) is 53.4 Å². The standard InChI is InChI=1S/C12H12N4O4S/c13-14-11-8-10(6-7-12(11)16(17)18)21(19,20)15-9-4-2-1-3-5-9/h1-8,14-15H,13H2. The van der Waals surface area contributed by atoms with Crippen molar-refractivity contribution in [3.05, 3.63) is 58.6 Å². The first-order valence-corrected chi connectivity index (χ1v) is 7.25. The van der Waals surface area contributed by atoms with Crippen molar-refractivity contribution in [3.63, 3.8) is 0 Å². The van der Waals surface area contributed by atoms with E-state index in [1.165, 1.54) is 0 Å². The van der Waals surface area contributed by atoms with Gasteiger partial charge in [0, 0.05) is 11.8 Å². The summed E-state index contributed by atoms with van der Waals surface area (Å²) in [4.78, 5) is 9.99. The van der Waals surface area contributed by atoms with Crippen LogP contribution in [-0.2, 0) is 10.0 Å². The van der Waals surface area contributed by atoms with E-state index in [9.17, 15) is 18.5 Å². The van der Waals surface area contributed by atoms with Gasteiger partial charge in [0.15, 0.2) is 0 Å². The second-order valence-corrected chi connectivity index (χ2v) is 5.73. The number of hydrogen-bond donors (Lipinski definition) is 3. The van der Waals surface area contributed by atoms with Gasteiger partial charge in [-0.05, 0) is 24.3 Å². The largest absolute Gasteiger partial charge is 0.318 e. The van der Waals surface area contributed by atoms with E-state index in [-0.39, 0.29) is 16.3 Å². The average molecular weight is 308 g/mol. The maximum absolute atomic E-state index is 12.2. The zero-order valence-corrected chi connectivity index (χ0v) is 11.5. The number of benzene rings is 2. The van der Waals surface area contributed by atoms with E-state index < -0.39 is 14.9 Å². The molecule has 8 nitrogen and oxygen atoms in total. The molecular formula is C12H12N4O4S. The minimum atomic E-state index is -3.86. The number of nitrogens with zero attached hydrogens (tertiary/aromatic N) is 1. The molecular weight excluding hydrogens is 296 g/mol. The summed E-state index contributed by atoms with van der Waals surface area (Å²) in [6, 6.07) is 11.6. The van der Waals surface area contributed by atoms with Crippen LogP contribution in [0.3, 0.4) is 0 Å². The summed E-state index contributed by atoms with van der Waals surface area (Å²) in [5.74, 6) is 5.18. The molecule has 0 unspecified atom stereocenters. The summed E-state index contributed by atoms with van der Waals surface area (Å²) in [5.41, 5.74) is 2.11. The molecule has 0 aliphatic heterocycles. The molecule has 0 saturated heterocycles. The number of hydrazine groups is 1. The molecule has 0 radical (unpaired) electrons. The number of nitrogens with two attached hydrogens (primary N) is 1. The molecule has 2 aromatic rings. The Morgan fingerprint density at radius 3 is 2.33 bits per heavy atom. The van der Waals surface area contributed by atoms with Crippen molar-refractivity contribution in [1.82, 2.24) is 0 Å². The van der Waals surface area contributed by atoms with Gasteiger partial charge < -0.3 is 5.43 Å². The molecule has 0 spiro atoms. The lowest BCUT2D eigenvalue weighted by molar-refractivity contribution is -0.384. The first-order valence-electron chi connectivity index (χ1n) is 5.77. The van der Waals surface area contributed by atoms with Gasteiger partial charge in [-0.25, -0.2) is 8.42 Å². The van der Waals surface area contributed by atoms with Crippen LogP contribution in [0.25, 0.3) is 0 Å². The van der Waals surface area contributed by atoms with Crippen LogP contribution in [0.1, 0.15) is 0 Å². The minimum absolute atomic E-state index is 0.0871. The molecule has 2 aromatic carbocycles. The van der Waals surface area contributed by atoms with Gasteiger partial charge in [0.2, 0.25) is 0 Å². The Labute approximate surface area is 120 Å². The number of para-hydroxylation sites is 1. The van der Waals surface area contributed by atoms with Crippen molar-refractivity contribution < 1.29 is 13.3 Å². The zero-order chi connectivity index (χ0) is 15.5. The highest BCUT2D eigenvalue weighted by Gasteiger charge is 2.20. The highest BCUT2D eigenvalue weighted by Crippen LogP contribution is 2.27. The molecule has 21 heavy (non-hydrogen) atoms. The van der Waals surface area contributed by atoms with Crippen LogP contribution in [0.5, 0.6) is 0 Å². The number of anilines is 2. The Balaban J connectivity index is 2.39. The van der Waals surface area contributed by atoms with Gasteiger partial charge in [0.05, 0.1) is 9.82 Å². The van der Waals surface area contributed by atoms with Gasteiger partial charge in [-0.3, -0.25) is 20.7 Å². The molecule has 0 aromatic heterocycles. The Kier molecular flexibility index (Phi) is 4.05. The van der Waals surface area contributed by atoms with Crippen molar-refractivity contribution in [2.24, 2.45) is 5.84 Å². The van der Waals surface area contributed by atoms with Crippen molar-refractivity contribution in [1.29, 1.82) is 0 Å². The monoisotopic (exact) mass is 308 g/mol. The molecule has 0 saturated carbocycles. The molecule has 9 heteroatoms. The van der Waals surface area contributed by atoms with E-state index >= 15 is 0 Å². The van der Waals surface area contributed by atoms with Gasteiger partial charge in [-0.15, -0.1) is 0 Å². The van der Waals surface area contributed by atoms with E-state index in [1.807, 2.05) is 0 Å². The van der Waals surface area contributed by atoms with Gasteiger partial charge in [0.25, 0.3) is 15.7 Å². The topological polar surface area (TPSA) is 127 Å². The van der Waals surface area contributed by atoms with Crippen LogP contribution < -0.4 is 16.0 Å². The third-order valence-corrected chi connectivity index (χ3v) is 4.04. The maximum Gasteiger partial charge on any atom is 0.293 e. The van der Waals surface area contributed by atoms with E-state index in [0.29, 0.717) is 5.69 Å². The van der Waals surface area contributed by atoms with Gasteiger partial charge in [-0.1, -0.05) is 18.2 Å².